The number of carbonyl (C=O) groups is 1. The van der Waals surface area contributed by atoms with E-state index in [4.69, 9.17) is 4.99 Å². The maximum Gasteiger partial charge on any atom is 0.253 e. The molecule has 1 amide bonds. The molecule has 1 unspecified atom stereocenters. The van der Waals surface area contributed by atoms with Crippen LogP contribution in [-0.4, -0.2) is 42.4 Å². The second-order valence-corrected chi connectivity index (χ2v) is 7.62. The average molecular weight is 363 g/mol. The number of piperidine rings is 1. The van der Waals surface area contributed by atoms with Crippen LogP contribution in [0.3, 0.4) is 0 Å². The maximum absolute atomic E-state index is 12.1. The highest BCUT2D eigenvalue weighted by atomic mass is 16.1. The van der Waals surface area contributed by atoms with Gasteiger partial charge in [-0.25, -0.2) is 0 Å². The number of aromatic nitrogens is 1. The lowest BCUT2D eigenvalue weighted by molar-refractivity contribution is 0.0946. The third-order valence-electron chi connectivity index (χ3n) is 5.76. The molecular weight excluding hydrogens is 338 g/mol. The summed E-state index contributed by atoms with van der Waals surface area (Å²) in [6.07, 6.45) is 5.15. The Labute approximate surface area is 158 Å². The molecule has 1 aromatic heterocycles. The van der Waals surface area contributed by atoms with Crippen molar-refractivity contribution in [2.75, 3.05) is 25.0 Å². The highest BCUT2D eigenvalue weighted by Gasteiger charge is 2.23. The fraction of sp³-hybridized carbons (Fsp3) is 0.429. The van der Waals surface area contributed by atoms with Gasteiger partial charge in [-0.05, 0) is 37.4 Å². The van der Waals surface area contributed by atoms with E-state index in [0.717, 1.165) is 72.8 Å². The zero-order valence-corrected chi connectivity index (χ0v) is 15.4. The van der Waals surface area contributed by atoms with E-state index in [-0.39, 0.29) is 5.91 Å². The number of amides is 1. The number of hydrogen-bond donors (Lipinski definition) is 4. The minimum atomic E-state index is 0.0172. The highest BCUT2D eigenvalue weighted by Crippen LogP contribution is 2.35. The van der Waals surface area contributed by atoms with E-state index in [2.05, 4.69) is 39.1 Å². The summed E-state index contributed by atoms with van der Waals surface area (Å²) in [4.78, 5) is 20.6. The van der Waals surface area contributed by atoms with Crippen molar-refractivity contribution in [1.29, 1.82) is 0 Å². The number of aryl methyl sites for hydroxylation is 1. The van der Waals surface area contributed by atoms with Gasteiger partial charge in [0.05, 0.1) is 17.3 Å². The minimum absolute atomic E-state index is 0.0172. The predicted octanol–water partition coefficient (Wildman–Crippen LogP) is 2.48. The van der Waals surface area contributed by atoms with Gasteiger partial charge in [0.2, 0.25) is 0 Å². The first-order valence-corrected chi connectivity index (χ1v) is 9.95. The van der Waals surface area contributed by atoms with Gasteiger partial charge < -0.3 is 20.9 Å². The summed E-state index contributed by atoms with van der Waals surface area (Å²) >= 11 is 0. The van der Waals surface area contributed by atoms with Crippen LogP contribution in [0.25, 0.3) is 11.3 Å². The molecule has 1 aromatic carbocycles. The summed E-state index contributed by atoms with van der Waals surface area (Å²) in [6, 6.07) is 8.75. The van der Waals surface area contributed by atoms with Crippen molar-refractivity contribution in [3.63, 3.8) is 0 Å². The summed E-state index contributed by atoms with van der Waals surface area (Å²) in [6.45, 7) is 2.77. The number of anilines is 1. The zero-order chi connectivity index (χ0) is 18.2. The number of aliphatic imine (C=N–C) groups is 1. The van der Waals surface area contributed by atoms with Gasteiger partial charge in [0.25, 0.3) is 5.91 Å². The summed E-state index contributed by atoms with van der Waals surface area (Å²) in [5.41, 5.74) is 6.36. The van der Waals surface area contributed by atoms with Crippen molar-refractivity contribution >= 4 is 17.4 Å². The molecule has 3 aliphatic rings. The lowest BCUT2D eigenvalue weighted by Gasteiger charge is -2.25. The second-order valence-electron chi connectivity index (χ2n) is 7.62. The van der Waals surface area contributed by atoms with Crippen LogP contribution in [0.5, 0.6) is 0 Å². The van der Waals surface area contributed by atoms with Crippen LogP contribution in [0.1, 0.15) is 40.9 Å². The van der Waals surface area contributed by atoms with Gasteiger partial charge in [-0.1, -0.05) is 18.2 Å². The Balaban J connectivity index is 1.48. The number of hydrogen-bond acceptors (Lipinski definition) is 3. The van der Waals surface area contributed by atoms with Crippen LogP contribution in [-0.2, 0) is 12.8 Å². The standard InChI is InChI=1S/C21H25N5O/c27-21-16-11-18(25-17(16)8-10-23-21)15-5-1-3-13-6-7-19(26-20(13)15)24-14-4-2-9-22-12-14/h1,3,5,11,14,22,25H,2,4,6-10,12H2,(H,23,27)(H,24,26). The van der Waals surface area contributed by atoms with Crippen molar-refractivity contribution in [2.45, 2.75) is 38.1 Å². The topological polar surface area (TPSA) is 81.3 Å². The molecule has 1 saturated heterocycles. The molecule has 1 fully saturated rings. The first-order valence-electron chi connectivity index (χ1n) is 9.95. The molecule has 6 nitrogen and oxygen atoms in total. The van der Waals surface area contributed by atoms with Gasteiger partial charge in [0.1, 0.15) is 5.84 Å². The zero-order valence-electron chi connectivity index (χ0n) is 15.4. The predicted molar refractivity (Wildman–Crippen MR) is 108 cm³/mol. The molecular formula is C21H25N5O. The minimum Gasteiger partial charge on any atom is -0.358 e. The van der Waals surface area contributed by atoms with Crippen LogP contribution < -0.4 is 16.0 Å². The summed E-state index contributed by atoms with van der Waals surface area (Å²) in [5, 5.41) is 9.96. The van der Waals surface area contributed by atoms with Gasteiger partial charge in [0.15, 0.2) is 0 Å². The number of fused-ring (bicyclic) bond motifs is 2. The molecule has 4 heterocycles. The molecule has 140 valence electrons. The van der Waals surface area contributed by atoms with Crippen LogP contribution >= 0.6 is 0 Å². The number of rotatable bonds is 2. The number of H-pyrrole nitrogens is 1. The quantitative estimate of drug-likeness (QED) is 0.662. The molecule has 0 aliphatic carbocycles. The number of amidine groups is 1. The van der Waals surface area contributed by atoms with Gasteiger partial charge in [0, 0.05) is 42.9 Å². The number of para-hydroxylation sites is 1. The number of benzene rings is 1. The number of nitrogens with zero attached hydrogens (tertiary/aromatic N) is 1. The summed E-state index contributed by atoms with van der Waals surface area (Å²) in [7, 11) is 0. The van der Waals surface area contributed by atoms with E-state index in [9.17, 15) is 4.79 Å². The smallest absolute Gasteiger partial charge is 0.253 e. The number of nitrogens with one attached hydrogen (secondary N) is 4. The van der Waals surface area contributed by atoms with Crippen LogP contribution in [0.2, 0.25) is 0 Å². The highest BCUT2D eigenvalue weighted by molar-refractivity contribution is 6.03. The van der Waals surface area contributed by atoms with Crippen molar-refractivity contribution in [3.8, 4) is 11.3 Å². The van der Waals surface area contributed by atoms with Crippen LogP contribution in [0.4, 0.5) is 5.69 Å². The molecule has 0 saturated carbocycles. The fourth-order valence-electron chi connectivity index (χ4n) is 4.34. The Hall–Kier alpha value is -2.60. The Morgan fingerprint density at radius 3 is 2.89 bits per heavy atom. The van der Waals surface area contributed by atoms with Gasteiger partial charge in [-0.3, -0.25) is 9.79 Å². The van der Waals surface area contributed by atoms with Crippen LogP contribution in [0, 0.1) is 0 Å². The van der Waals surface area contributed by atoms with Crippen molar-refractivity contribution in [1.82, 2.24) is 15.6 Å². The Bertz CT molecular complexity index is 907. The van der Waals surface area contributed by atoms with Gasteiger partial charge in [-0.15, -0.1) is 0 Å². The molecule has 5 rings (SSSR count). The molecule has 2 aromatic rings. The molecule has 0 spiro atoms. The third-order valence-corrected chi connectivity index (χ3v) is 5.76. The molecule has 27 heavy (non-hydrogen) atoms. The number of aromatic amines is 1. The van der Waals surface area contributed by atoms with E-state index in [1.807, 2.05) is 6.07 Å². The van der Waals surface area contributed by atoms with E-state index >= 15 is 0 Å². The largest absolute Gasteiger partial charge is 0.358 e. The second kappa shape index (κ2) is 6.85. The first kappa shape index (κ1) is 16.6. The summed E-state index contributed by atoms with van der Waals surface area (Å²) < 4.78 is 0. The molecule has 3 aliphatic heterocycles. The maximum atomic E-state index is 12.1. The molecule has 0 radical (unpaired) electrons. The molecule has 4 N–H and O–H groups in total. The Morgan fingerprint density at radius 2 is 2.04 bits per heavy atom. The van der Waals surface area contributed by atoms with Crippen molar-refractivity contribution in [2.24, 2.45) is 4.99 Å². The van der Waals surface area contributed by atoms with E-state index in [1.54, 1.807) is 0 Å². The molecule has 0 bridgehead atoms. The lowest BCUT2D eigenvalue weighted by atomic mass is 9.97. The fourth-order valence-corrected chi connectivity index (χ4v) is 4.34. The van der Waals surface area contributed by atoms with Gasteiger partial charge in [-0.2, -0.15) is 0 Å². The van der Waals surface area contributed by atoms with Crippen LogP contribution in [0.15, 0.2) is 29.3 Å². The molecule has 6 heteroatoms. The lowest BCUT2D eigenvalue weighted by Crippen LogP contribution is -2.34. The summed E-state index contributed by atoms with van der Waals surface area (Å²) in [5.74, 6) is 1.10. The van der Waals surface area contributed by atoms with E-state index < -0.39 is 0 Å². The SMILES string of the molecule is O=C1NCCc2[nH]c(-c3cccc4c3NC(=NC3CCCNC3)CC4)cc21. The Kier molecular flexibility index (Phi) is 4.20. The van der Waals surface area contributed by atoms with Crippen molar-refractivity contribution < 1.29 is 4.79 Å². The van der Waals surface area contributed by atoms with Crippen molar-refractivity contribution in [3.05, 3.63) is 41.1 Å². The number of carbonyl (C=O) groups excluding carboxylic acids is 1. The third kappa shape index (κ3) is 3.14. The average Bonchev–Trinajstić information content (AvgIpc) is 3.14. The Morgan fingerprint density at radius 1 is 1.07 bits per heavy atom. The first-order chi connectivity index (χ1) is 13.3. The van der Waals surface area contributed by atoms with E-state index in [0.29, 0.717) is 12.6 Å². The normalized spacial score (nSPS) is 23.3. The van der Waals surface area contributed by atoms with E-state index in [1.165, 1.54) is 12.0 Å². The van der Waals surface area contributed by atoms with Gasteiger partial charge >= 0.3 is 0 Å². The monoisotopic (exact) mass is 363 g/mol. The molecule has 1 atom stereocenters.